The first-order valence-electron chi connectivity index (χ1n) is 9.02. The Morgan fingerprint density at radius 2 is 2.00 bits per heavy atom. The molecule has 27 heavy (non-hydrogen) atoms. The number of nitrogens with zero attached hydrogens (tertiary/aromatic N) is 6. The summed E-state index contributed by atoms with van der Waals surface area (Å²) in [5.74, 6) is 0.794. The lowest BCUT2D eigenvalue weighted by molar-refractivity contribution is -0.132. The average molecular weight is 385 g/mol. The predicted molar refractivity (Wildman–Crippen MR) is 105 cm³/mol. The van der Waals surface area contributed by atoms with Gasteiger partial charge in [0.2, 0.25) is 11.9 Å². The molecular formula is C18H23N7OS. The zero-order valence-corrected chi connectivity index (χ0v) is 16.4. The molecule has 4 rings (SSSR count). The van der Waals surface area contributed by atoms with Crippen LogP contribution in [0.3, 0.4) is 0 Å². The van der Waals surface area contributed by atoms with Crippen molar-refractivity contribution in [2.75, 3.05) is 31.9 Å². The van der Waals surface area contributed by atoms with Gasteiger partial charge in [0, 0.05) is 54.6 Å². The van der Waals surface area contributed by atoms with Crippen LogP contribution in [0.5, 0.6) is 0 Å². The topological polar surface area (TPSA) is 92.6 Å². The van der Waals surface area contributed by atoms with Crippen LogP contribution in [0, 0.1) is 13.8 Å². The number of carbonyl (C=O) groups is 1. The smallest absolute Gasteiger partial charge is 0.254 e. The number of aryl methyl sites for hydroxylation is 2. The molecule has 1 aliphatic heterocycles. The molecule has 0 aliphatic carbocycles. The number of fused-ring (bicyclic) bond motifs is 1. The predicted octanol–water partition coefficient (Wildman–Crippen LogP) is 1.27. The molecule has 0 saturated carbocycles. The van der Waals surface area contributed by atoms with Crippen molar-refractivity contribution >= 4 is 29.0 Å². The summed E-state index contributed by atoms with van der Waals surface area (Å²) < 4.78 is 1.61. The zero-order valence-electron chi connectivity index (χ0n) is 15.6. The normalized spacial score (nSPS) is 15.6. The molecule has 1 saturated heterocycles. The van der Waals surface area contributed by atoms with E-state index in [4.69, 9.17) is 5.73 Å². The van der Waals surface area contributed by atoms with Crippen molar-refractivity contribution in [3.8, 4) is 0 Å². The lowest BCUT2D eigenvalue weighted by Gasteiger charge is -2.34. The Labute approximate surface area is 161 Å². The molecule has 8 nitrogen and oxygen atoms in total. The Morgan fingerprint density at radius 3 is 2.70 bits per heavy atom. The van der Waals surface area contributed by atoms with E-state index in [9.17, 15) is 4.79 Å². The second-order valence-electron chi connectivity index (χ2n) is 6.86. The zero-order chi connectivity index (χ0) is 19.0. The van der Waals surface area contributed by atoms with E-state index in [1.165, 1.54) is 4.88 Å². The van der Waals surface area contributed by atoms with E-state index in [2.05, 4.69) is 37.5 Å². The minimum absolute atomic E-state index is 0.131. The number of nitrogen functional groups attached to an aromatic ring is 1. The summed E-state index contributed by atoms with van der Waals surface area (Å²) in [6.45, 7) is 8.11. The first kappa shape index (κ1) is 17.9. The van der Waals surface area contributed by atoms with Crippen LogP contribution in [-0.4, -0.2) is 61.5 Å². The van der Waals surface area contributed by atoms with Gasteiger partial charge < -0.3 is 10.6 Å². The molecular weight excluding hydrogens is 362 g/mol. The third-order valence-corrected chi connectivity index (χ3v) is 5.94. The number of thiophene rings is 1. The van der Waals surface area contributed by atoms with Gasteiger partial charge in [-0.25, -0.2) is 4.98 Å². The summed E-state index contributed by atoms with van der Waals surface area (Å²) in [5.41, 5.74) is 8.25. The van der Waals surface area contributed by atoms with Gasteiger partial charge in [0.05, 0.1) is 6.42 Å². The van der Waals surface area contributed by atoms with Crippen LogP contribution >= 0.6 is 11.3 Å². The molecule has 1 amide bonds. The van der Waals surface area contributed by atoms with Crippen molar-refractivity contribution in [1.82, 2.24) is 29.4 Å². The van der Waals surface area contributed by atoms with Gasteiger partial charge in [-0.15, -0.1) is 16.4 Å². The molecule has 0 radical (unpaired) electrons. The van der Waals surface area contributed by atoms with Crippen LogP contribution in [0.1, 0.15) is 21.8 Å². The standard InChI is InChI=1S/C18H23N7OS/c1-12-15(13(2)25-18(20-12)21-17(19)22-25)10-16(26)24-7-5-23(6-8-24)11-14-4-3-9-27-14/h3-4,9H,5-8,10-11H2,1-2H3,(H2,19,22). The quantitative estimate of drug-likeness (QED) is 0.727. The van der Waals surface area contributed by atoms with E-state index in [1.807, 2.05) is 18.7 Å². The van der Waals surface area contributed by atoms with Gasteiger partial charge in [-0.1, -0.05) is 6.07 Å². The molecule has 0 unspecified atom stereocenters. The Hall–Kier alpha value is -2.52. The molecule has 2 N–H and O–H groups in total. The minimum Gasteiger partial charge on any atom is -0.366 e. The van der Waals surface area contributed by atoms with Gasteiger partial charge in [0.1, 0.15) is 0 Å². The molecule has 0 spiro atoms. The number of piperazine rings is 1. The number of amides is 1. The third-order valence-electron chi connectivity index (χ3n) is 5.08. The van der Waals surface area contributed by atoms with Gasteiger partial charge in [-0.2, -0.15) is 9.50 Å². The third kappa shape index (κ3) is 3.65. The van der Waals surface area contributed by atoms with Gasteiger partial charge in [-0.3, -0.25) is 9.69 Å². The highest BCUT2D eigenvalue weighted by Gasteiger charge is 2.23. The van der Waals surface area contributed by atoms with Crippen LogP contribution in [0.4, 0.5) is 5.95 Å². The summed E-state index contributed by atoms with van der Waals surface area (Å²) >= 11 is 1.78. The van der Waals surface area contributed by atoms with Crippen molar-refractivity contribution in [1.29, 1.82) is 0 Å². The number of hydrogen-bond acceptors (Lipinski definition) is 7. The monoisotopic (exact) mass is 385 g/mol. The Morgan fingerprint density at radius 1 is 1.22 bits per heavy atom. The highest BCUT2D eigenvalue weighted by molar-refractivity contribution is 7.09. The van der Waals surface area contributed by atoms with E-state index >= 15 is 0 Å². The minimum atomic E-state index is 0.131. The van der Waals surface area contributed by atoms with E-state index in [0.717, 1.165) is 49.7 Å². The molecule has 9 heteroatoms. The van der Waals surface area contributed by atoms with Crippen molar-refractivity contribution in [3.05, 3.63) is 39.3 Å². The van der Waals surface area contributed by atoms with Gasteiger partial charge in [0.15, 0.2) is 0 Å². The summed E-state index contributed by atoms with van der Waals surface area (Å²) in [4.78, 5) is 27.1. The van der Waals surface area contributed by atoms with E-state index < -0.39 is 0 Å². The maximum atomic E-state index is 12.8. The highest BCUT2D eigenvalue weighted by atomic mass is 32.1. The lowest BCUT2D eigenvalue weighted by Crippen LogP contribution is -2.48. The second-order valence-corrected chi connectivity index (χ2v) is 7.89. The molecule has 0 atom stereocenters. The van der Waals surface area contributed by atoms with Gasteiger partial charge in [0.25, 0.3) is 5.78 Å². The number of carbonyl (C=O) groups excluding carboxylic acids is 1. The maximum absolute atomic E-state index is 12.8. The summed E-state index contributed by atoms with van der Waals surface area (Å²) in [7, 11) is 0. The first-order chi connectivity index (χ1) is 13.0. The van der Waals surface area contributed by atoms with Crippen molar-refractivity contribution in [2.24, 2.45) is 0 Å². The number of anilines is 1. The molecule has 3 aromatic rings. The van der Waals surface area contributed by atoms with Crippen LogP contribution in [0.25, 0.3) is 5.78 Å². The molecule has 1 fully saturated rings. The Balaban J connectivity index is 1.42. The highest BCUT2D eigenvalue weighted by Crippen LogP contribution is 2.17. The SMILES string of the molecule is Cc1nc2nc(N)nn2c(C)c1CC(=O)N1CCN(Cc2cccs2)CC1. The fourth-order valence-corrected chi connectivity index (χ4v) is 4.27. The first-order valence-corrected chi connectivity index (χ1v) is 9.90. The molecule has 0 aromatic carbocycles. The van der Waals surface area contributed by atoms with Crippen molar-refractivity contribution < 1.29 is 4.79 Å². The molecule has 1 aliphatic rings. The summed E-state index contributed by atoms with van der Waals surface area (Å²) in [6, 6.07) is 4.24. The Kier molecular flexibility index (Phi) is 4.79. The van der Waals surface area contributed by atoms with Crippen LogP contribution in [0.15, 0.2) is 17.5 Å². The number of nitrogens with two attached hydrogens (primary N) is 1. The molecule has 142 valence electrons. The summed E-state index contributed by atoms with van der Waals surface area (Å²) in [6.07, 6.45) is 0.325. The van der Waals surface area contributed by atoms with Crippen LogP contribution in [-0.2, 0) is 17.8 Å². The van der Waals surface area contributed by atoms with Gasteiger partial charge in [-0.05, 0) is 25.3 Å². The average Bonchev–Trinajstić information content (AvgIpc) is 3.28. The maximum Gasteiger partial charge on any atom is 0.254 e. The lowest BCUT2D eigenvalue weighted by atomic mass is 10.1. The summed E-state index contributed by atoms with van der Waals surface area (Å²) in [5, 5.41) is 6.27. The molecule has 3 aromatic heterocycles. The van der Waals surface area contributed by atoms with Crippen molar-refractivity contribution in [3.63, 3.8) is 0 Å². The van der Waals surface area contributed by atoms with E-state index in [1.54, 1.807) is 15.9 Å². The van der Waals surface area contributed by atoms with Crippen LogP contribution < -0.4 is 5.73 Å². The van der Waals surface area contributed by atoms with Gasteiger partial charge >= 0.3 is 0 Å². The fraction of sp³-hybridized carbons (Fsp3) is 0.444. The van der Waals surface area contributed by atoms with Crippen LogP contribution in [0.2, 0.25) is 0 Å². The molecule has 0 bridgehead atoms. The fourth-order valence-electron chi connectivity index (χ4n) is 3.52. The molecule has 4 heterocycles. The van der Waals surface area contributed by atoms with Crippen molar-refractivity contribution in [2.45, 2.75) is 26.8 Å². The van der Waals surface area contributed by atoms with E-state index in [-0.39, 0.29) is 11.9 Å². The van der Waals surface area contributed by atoms with E-state index in [0.29, 0.717) is 12.2 Å². The Bertz CT molecular complexity index is 958. The second kappa shape index (κ2) is 7.24. The largest absolute Gasteiger partial charge is 0.366 e. The number of aromatic nitrogens is 4. The number of hydrogen-bond donors (Lipinski definition) is 1. The number of rotatable bonds is 4.